The lowest BCUT2D eigenvalue weighted by Crippen LogP contribution is -1.87. The van der Waals surface area contributed by atoms with Gasteiger partial charge < -0.3 is 5.10 Å². The van der Waals surface area contributed by atoms with E-state index in [4.69, 9.17) is 0 Å². The van der Waals surface area contributed by atoms with Gasteiger partial charge in [-0.15, -0.1) is 0 Å². The number of nitrogens with one attached hydrogen (secondary N) is 1. The van der Waals surface area contributed by atoms with Crippen LogP contribution >= 0.6 is 0 Å². The van der Waals surface area contributed by atoms with Gasteiger partial charge in [-0.3, -0.25) is 4.52 Å². The van der Waals surface area contributed by atoms with E-state index < -0.39 is 0 Å². The van der Waals surface area contributed by atoms with E-state index in [0.29, 0.717) is 0 Å². The van der Waals surface area contributed by atoms with Crippen LogP contribution in [0.4, 0.5) is 0 Å². The molecule has 0 aliphatic heterocycles. The number of nitrogens with zero attached hydrogens (tertiary/aromatic N) is 1. The highest BCUT2D eigenvalue weighted by Crippen LogP contribution is 2.29. The van der Waals surface area contributed by atoms with Crippen LogP contribution in [0.15, 0.2) is 66.9 Å². The molecule has 0 bridgehead atoms. The van der Waals surface area contributed by atoms with Gasteiger partial charge in [-0.1, -0.05) is 48.5 Å². The van der Waals surface area contributed by atoms with Crippen molar-refractivity contribution in [1.29, 1.82) is 0 Å². The first-order valence-electron chi connectivity index (χ1n) is 6.07. The molecule has 4 aromatic rings. The number of hydrogen-bond acceptors (Lipinski definition) is 0. The molecule has 0 atom stereocenters. The standard InChI is InChI=1S/C16H12N2/c1-2-10-15-13(8-1)14-9-5-7-12-6-3-4-11-17-18(15)16(12)14/h1-11,17H. The summed E-state index contributed by atoms with van der Waals surface area (Å²) in [6.07, 6.45) is 1.96. The van der Waals surface area contributed by atoms with Crippen LogP contribution in [-0.2, 0) is 0 Å². The molecule has 2 aromatic carbocycles. The lowest BCUT2D eigenvalue weighted by molar-refractivity contribution is 0.988. The fourth-order valence-electron chi connectivity index (χ4n) is 2.65. The van der Waals surface area contributed by atoms with Gasteiger partial charge in [0.1, 0.15) is 0 Å². The van der Waals surface area contributed by atoms with E-state index in [1.54, 1.807) is 0 Å². The Bertz CT molecular complexity index is 881. The molecule has 0 aliphatic rings. The summed E-state index contributed by atoms with van der Waals surface area (Å²) in [7, 11) is 0. The second-order valence-corrected chi connectivity index (χ2v) is 4.44. The molecule has 2 heteroatoms. The molecule has 1 N–H and O–H groups in total. The fourth-order valence-corrected chi connectivity index (χ4v) is 2.65. The van der Waals surface area contributed by atoms with Gasteiger partial charge in [-0.05, 0) is 12.1 Å². The van der Waals surface area contributed by atoms with E-state index in [-0.39, 0.29) is 0 Å². The molecule has 2 aromatic heterocycles. The van der Waals surface area contributed by atoms with Crippen LogP contribution in [0.5, 0.6) is 0 Å². The van der Waals surface area contributed by atoms with Gasteiger partial charge in [0.05, 0.1) is 11.0 Å². The highest BCUT2D eigenvalue weighted by Gasteiger charge is 2.07. The Morgan fingerprint density at radius 2 is 1.50 bits per heavy atom. The maximum absolute atomic E-state index is 3.34. The molecule has 0 spiro atoms. The second-order valence-electron chi connectivity index (χ2n) is 4.44. The van der Waals surface area contributed by atoms with Crippen molar-refractivity contribution in [1.82, 2.24) is 9.61 Å². The summed E-state index contributed by atoms with van der Waals surface area (Å²) < 4.78 is 2.15. The molecule has 86 valence electrons. The van der Waals surface area contributed by atoms with Crippen molar-refractivity contribution in [2.75, 3.05) is 0 Å². The van der Waals surface area contributed by atoms with Crippen molar-refractivity contribution >= 4 is 27.2 Å². The summed E-state index contributed by atoms with van der Waals surface area (Å²) in [5, 5.41) is 7.14. The molecule has 0 radical (unpaired) electrons. The molecule has 0 saturated carbocycles. The average molecular weight is 232 g/mol. The van der Waals surface area contributed by atoms with Crippen LogP contribution in [0.2, 0.25) is 0 Å². The SMILES string of the molecule is c1ccc2cccc3c4ccccc4n([nH]c1)c23. The van der Waals surface area contributed by atoms with Gasteiger partial charge in [0.25, 0.3) is 0 Å². The Hall–Kier alpha value is -2.48. The van der Waals surface area contributed by atoms with Crippen LogP contribution < -0.4 is 0 Å². The predicted octanol–water partition coefficient (Wildman–Crippen LogP) is 4.14. The van der Waals surface area contributed by atoms with Crippen LogP contribution in [0.1, 0.15) is 0 Å². The molecule has 0 fully saturated rings. The van der Waals surface area contributed by atoms with Gasteiger partial charge in [0, 0.05) is 22.4 Å². The van der Waals surface area contributed by atoms with Crippen molar-refractivity contribution in [3.05, 3.63) is 66.9 Å². The minimum atomic E-state index is 1.21. The Kier molecular flexibility index (Phi) is 1.86. The van der Waals surface area contributed by atoms with Crippen molar-refractivity contribution in [2.24, 2.45) is 0 Å². The molecule has 4 rings (SSSR count). The number of fused-ring (bicyclic) bond motifs is 3. The number of benzene rings is 2. The average Bonchev–Trinajstić information content (AvgIpc) is 2.70. The van der Waals surface area contributed by atoms with Gasteiger partial charge in [0.2, 0.25) is 0 Å². The van der Waals surface area contributed by atoms with E-state index in [1.807, 2.05) is 12.3 Å². The third-order valence-electron chi connectivity index (χ3n) is 3.41. The zero-order chi connectivity index (χ0) is 11.9. The van der Waals surface area contributed by atoms with Crippen LogP contribution in [0.3, 0.4) is 0 Å². The van der Waals surface area contributed by atoms with Gasteiger partial charge >= 0.3 is 0 Å². The molecular formula is C16H12N2. The van der Waals surface area contributed by atoms with Crippen molar-refractivity contribution in [3.63, 3.8) is 0 Å². The zero-order valence-electron chi connectivity index (χ0n) is 9.80. The molecule has 0 aliphatic carbocycles. The zero-order valence-corrected chi connectivity index (χ0v) is 9.80. The van der Waals surface area contributed by atoms with Gasteiger partial charge in [-0.2, -0.15) is 0 Å². The molecule has 0 saturated heterocycles. The maximum Gasteiger partial charge on any atom is 0.0781 e. The number of hydrogen-bond donors (Lipinski definition) is 1. The lowest BCUT2D eigenvalue weighted by atomic mass is 10.1. The summed E-state index contributed by atoms with van der Waals surface area (Å²) >= 11 is 0. The van der Waals surface area contributed by atoms with Gasteiger partial charge in [0.15, 0.2) is 0 Å². The summed E-state index contributed by atoms with van der Waals surface area (Å²) in [6, 6.07) is 21.1. The fraction of sp³-hybridized carbons (Fsp3) is 0. The van der Waals surface area contributed by atoms with Crippen LogP contribution in [0.25, 0.3) is 27.2 Å². The largest absolute Gasteiger partial charge is 0.301 e. The monoisotopic (exact) mass is 232 g/mol. The molecule has 18 heavy (non-hydrogen) atoms. The first-order chi connectivity index (χ1) is 8.95. The summed E-state index contributed by atoms with van der Waals surface area (Å²) in [5.41, 5.74) is 2.44. The Balaban J connectivity index is 2.47. The first kappa shape index (κ1) is 9.54. The normalized spacial score (nSPS) is 11.3. The predicted molar refractivity (Wildman–Crippen MR) is 75.6 cm³/mol. The molecule has 0 unspecified atom stereocenters. The Morgan fingerprint density at radius 3 is 2.50 bits per heavy atom. The highest BCUT2D eigenvalue weighted by molar-refractivity contribution is 6.13. The topological polar surface area (TPSA) is 20.2 Å². The number of H-pyrrole nitrogens is 1. The number of rotatable bonds is 0. The van der Waals surface area contributed by atoms with Crippen LogP contribution in [0, 0.1) is 0 Å². The molecule has 0 amide bonds. The quantitative estimate of drug-likeness (QED) is 0.470. The highest BCUT2D eigenvalue weighted by atomic mass is 15.2. The first-order valence-corrected chi connectivity index (χ1v) is 6.07. The van der Waals surface area contributed by atoms with Crippen molar-refractivity contribution in [2.45, 2.75) is 0 Å². The summed E-state index contributed by atoms with van der Waals surface area (Å²) in [5.74, 6) is 0. The number of aromatic nitrogens is 2. The third kappa shape index (κ3) is 1.17. The van der Waals surface area contributed by atoms with Crippen LogP contribution in [-0.4, -0.2) is 9.61 Å². The number of aromatic amines is 1. The van der Waals surface area contributed by atoms with Gasteiger partial charge in [-0.25, -0.2) is 0 Å². The Labute approximate surface area is 104 Å². The summed E-state index contributed by atoms with van der Waals surface area (Å²) in [6.45, 7) is 0. The van der Waals surface area contributed by atoms with Crippen molar-refractivity contribution < 1.29 is 0 Å². The molecular weight excluding hydrogens is 220 g/mol. The minimum Gasteiger partial charge on any atom is -0.301 e. The maximum atomic E-state index is 3.34. The Morgan fingerprint density at radius 1 is 0.722 bits per heavy atom. The smallest absolute Gasteiger partial charge is 0.0781 e. The lowest BCUT2D eigenvalue weighted by Gasteiger charge is -1.98. The minimum absolute atomic E-state index is 1.21. The molecule has 2 nitrogen and oxygen atoms in total. The van der Waals surface area contributed by atoms with E-state index in [1.165, 1.54) is 27.2 Å². The van der Waals surface area contributed by atoms with E-state index in [9.17, 15) is 0 Å². The van der Waals surface area contributed by atoms with E-state index >= 15 is 0 Å². The van der Waals surface area contributed by atoms with E-state index in [2.05, 4.69) is 64.2 Å². The molecule has 2 heterocycles. The van der Waals surface area contributed by atoms with Crippen molar-refractivity contribution in [3.8, 4) is 0 Å². The number of para-hydroxylation sites is 2. The second kappa shape index (κ2) is 3.50. The summed E-state index contributed by atoms with van der Waals surface area (Å²) in [4.78, 5) is 0. The third-order valence-corrected chi connectivity index (χ3v) is 3.41. The van der Waals surface area contributed by atoms with E-state index in [0.717, 1.165) is 0 Å².